The van der Waals surface area contributed by atoms with Crippen LogP contribution in [0.25, 0.3) is 0 Å². The summed E-state index contributed by atoms with van der Waals surface area (Å²) in [6.45, 7) is 0. The fraction of sp³-hybridized carbons (Fsp3) is 0.0833. The van der Waals surface area contributed by atoms with Gasteiger partial charge in [0.1, 0.15) is 16.5 Å². The second-order valence-electron chi connectivity index (χ2n) is 3.62. The second kappa shape index (κ2) is 5.58. The van der Waals surface area contributed by atoms with E-state index in [0.29, 0.717) is 4.47 Å². The lowest BCUT2D eigenvalue weighted by Gasteiger charge is -2.11. The lowest BCUT2D eigenvalue weighted by molar-refractivity contribution is 0.403. The lowest BCUT2D eigenvalue weighted by atomic mass is 10.3. The molecule has 5 nitrogen and oxygen atoms in total. The van der Waals surface area contributed by atoms with Gasteiger partial charge in [0, 0.05) is 10.7 Å². The highest BCUT2D eigenvalue weighted by Crippen LogP contribution is 2.28. The van der Waals surface area contributed by atoms with Crippen LogP contribution in [0.5, 0.6) is 5.75 Å². The number of sulfonamides is 1. The zero-order valence-corrected chi connectivity index (χ0v) is 12.4. The Morgan fingerprint density at radius 2 is 2.05 bits per heavy atom. The van der Waals surface area contributed by atoms with E-state index in [4.69, 9.17) is 4.74 Å². The van der Waals surface area contributed by atoms with E-state index in [1.165, 1.54) is 19.4 Å². The Bertz CT molecular complexity index is 675. The van der Waals surface area contributed by atoms with E-state index in [2.05, 4.69) is 25.6 Å². The van der Waals surface area contributed by atoms with Crippen molar-refractivity contribution in [3.8, 4) is 5.75 Å². The first kappa shape index (κ1) is 13.8. The second-order valence-corrected chi connectivity index (χ2v) is 6.18. The average Bonchev–Trinajstić information content (AvgIpc) is 2.39. The number of ether oxygens (including phenoxy) is 1. The predicted octanol–water partition coefficient (Wildman–Crippen LogP) is 2.65. The van der Waals surface area contributed by atoms with Crippen molar-refractivity contribution in [2.24, 2.45) is 0 Å². The Labute approximate surface area is 119 Å². The van der Waals surface area contributed by atoms with Gasteiger partial charge in [-0.3, -0.25) is 4.72 Å². The number of anilines is 1. The number of aromatic nitrogens is 1. The van der Waals surface area contributed by atoms with Crippen molar-refractivity contribution < 1.29 is 13.2 Å². The van der Waals surface area contributed by atoms with Crippen LogP contribution in [0.3, 0.4) is 0 Å². The van der Waals surface area contributed by atoms with Crippen LogP contribution in [0.1, 0.15) is 0 Å². The van der Waals surface area contributed by atoms with E-state index >= 15 is 0 Å². The molecular formula is C12H11BrN2O3S. The summed E-state index contributed by atoms with van der Waals surface area (Å²) in [5, 5.41) is 0. The van der Waals surface area contributed by atoms with Crippen LogP contribution in [0, 0.1) is 0 Å². The van der Waals surface area contributed by atoms with Gasteiger partial charge in [-0.25, -0.2) is 13.4 Å². The van der Waals surface area contributed by atoms with Crippen LogP contribution in [0.2, 0.25) is 0 Å². The molecule has 0 unspecified atom stereocenters. The van der Waals surface area contributed by atoms with Crippen LogP contribution < -0.4 is 9.46 Å². The third-order valence-corrected chi connectivity index (χ3v) is 4.19. The summed E-state index contributed by atoms with van der Waals surface area (Å²) in [5.41, 5.74) is 0. The summed E-state index contributed by atoms with van der Waals surface area (Å²) in [7, 11) is -2.33. The van der Waals surface area contributed by atoms with Gasteiger partial charge in [-0.2, -0.15) is 0 Å². The molecule has 0 aliphatic heterocycles. The van der Waals surface area contributed by atoms with Crippen molar-refractivity contribution in [2.75, 3.05) is 11.8 Å². The van der Waals surface area contributed by atoms with Gasteiger partial charge < -0.3 is 4.74 Å². The molecule has 1 aromatic carbocycles. The topological polar surface area (TPSA) is 68.3 Å². The molecule has 0 amide bonds. The Kier molecular flexibility index (Phi) is 4.06. The van der Waals surface area contributed by atoms with E-state index in [1.54, 1.807) is 30.3 Å². The van der Waals surface area contributed by atoms with Gasteiger partial charge in [0.2, 0.25) is 0 Å². The van der Waals surface area contributed by atoms with Crippen LogP contribution in [-0.4, -0.2) is 20.5 Å². The number of benzene rings is 1. The lowest BCUT2D eigenvalue weighted by Crippen LogP contribution is -2.14. The number of hydrogen-bond acceptors (Lipinski definition) is 4. The van der Waals surface area contributed by atoms with E-state index in [-0.39, 0.29) is 16.5 Å². The molecule has 1 aromatic heterocycles. The van der Waals surface area contributed by atoms with Crippen molar-refractivity contribution in [1.82, 2.24) is 4.98 Å². The number of pyridine rings is 1. The Hall–Kier alpha value is -1.60. The van der Waals surface area contributed by atoms with Crippen molar-refractivity contribution in [2.45, 2.75) is 4.90 Å². The molecule has 0 aliphatic rings. The van der Waals surface area contributed by atoms with Crippen LogP contribution in [0.15, 0.2) is 52.0 Å². The van der Waals surface area contributed by atoms with Gasteiger partial charge in [0.15, 0.2) is 0 Å². The summed E-state index contributed by atoms with van der Waals surface area (Å²) >= 11 is 3.24. The highest BCUT2D eigenvalue weighted by atomic mass is 79.9. The Morgan fingerprint density at radius 1 is 1.26 bits per heavy atom. The largest absolute Gasteiger partial charge is 0.495 e. The van der Waals surface area contributed by atoms with Gasteiger partial charge >= 0.3 is 0 Å². The minimum absolute atomic E-state index is 0.0510. The minimum Gasteiger partial charge on any atom is -0.495 e. The fourth-order valence-corrected chi connectivity index (χ4v) is 3.19. The van der Waals surface area contributed by atoms with Crippen LogP contribution >= 0.6 is 15.9 Å². The zero-order valence-electron chi connectivity index (χ0n) is 10.00. The zero-order chi connectivity index (χ0) is 13.9. The van der Waals surface area contributed by atoms with Crippen molar-refractivity contribution in [3.63, 3.8) is 0 Å². The molecule has 0 bridgehead atoms. The third-order valence-electron chi connectivity index (χ3n) is 2.32. The number of rotatable bonds is 4. The molecule has 0 saturated carbocycles. The molecule has 0 fully saturated rings. The van der Waals surface area contributed by atoms with Crippen molar-refractivity contribution in [3.05, 3.63) is 47.1 Å². The Balaban J connectivity index is 2.42. The maximum absolute atomic E-state index is 12.3. The summed E-state index contributed by atoms with van der Waals surface area (Å²) in [5.74, 6) is 0.524. The quantitative estimate of drug-likeness (QED) is 0.927. The molecule has 0 radical (unpaired) electrons. The molecule has 0 aliphatic carbocycles. The number of hydrogen-bond donors (Lipinski definition) is 1. The highest BCUT2D eigenvalue weighted by Gasteiger charge is 2.20. The molecule has 1 N–H and O–H groups in total. The maximum Gasteiger partial charge on any atom is 0.266 e. The molecule has 19 heavy (non-hydrogen) atoms. The summed E-state index contributed by atoms with van der Waals surface area (Å²) in [6, 6.07) is 9.74. The third kappa shape index (κ3) is 3.24. The van der Waals surface area contributed by atoms with E-state index in [1.807, 2.05) is 0 Å². The van der Waals surface area contributed by atoms with Gasteiger partial charge in [0.25, 0.3) is 10.0 Å². The van der Waals surface area contributed by atoms with E-state index in [9.17, 15) is 8.42 Å². The number of nitrogens with zero attached hydrogens (tertiary/aromatic N) is 1. The van der Waals surface area contributed by atoms with E-state index in [0.717, 1.165) is 0 Å². The molecule has 0 atom stereocenters. The maximum atomic E-state index is 12.3. The highest BCUT2D eigenvalue weighted by molar-refractivity contribution is 9.10. The SMILES string of the molecule is COc1ccc(Br)cc1S(=O)(=O)Nc1ccccn1. The average molecular weight is 343 g/mol. The standard InChI is InChI=1S/C12H11BrN2O3S/c1-18-10-6-5-9(13)8-11(10)19(16,17)15-12-4-2-3-7-14-12/h2-8H,1H3,(H,14,15). The molecule has 7 heteroatoms. The van der Waals surface area contributed by atoms with Gasteiger partial charge in [-0.1, -0.05) is 22.0 Å². The molecule has 0 saturated heterocycles. The monoisotopic (exact) mass is 342 g/mol. The first-order chi connectivity index (χ1) is 9.03. The first-order valence-electron chi connectivity index (χ1n) is 5.30. The van der Waals surface area contributed by atoms with Gasteiger partial charge in [-0.05, 0) is 30.3 Å². The van der Waals surface area contributed by atoms with Crippen LogP contribution in [-0.2, 0) is 10.0 Å². The number of halogens is 1. The summed E-state index contributed by atoms with van der Waals surface area (Å²) < 4.78 is 32.7. The first-order valence-corrected chi connectivity index (χ1v) is 7.58. The smallest absolute Gasteiger partial charge is 0.266 e. The predicted molar refractivity (Wildman–Crippen MR) is 75.7 cm³/mol. The number of methoxy groups -OCH3 is 1. The van der Waals surface area contributed by atoms with Gasteiger partial charge in [0.05, 0.1) is 7.11 Å². The van der Waals surface area contributed by atoms with Crippen LogP contribution in [0.4, 0.5) is 5.82 Å². The molecule has 2 aromatic rings. The molecule has 2 rings (SSSR count). The number of nitrogens with one attached hydrogen (secondary N) is 1. The normalized spacial score (nSPS) is 11.1. The summed E-state index contributed by atoms with van der Waals surface area (Å²) in [4.78, 5) is 3.98. The summed E-state index contributed by atoms with van der Waals surface area (Å²) in [6.07, 6.45) is 1.51. The molecular weight excluding hydrogens is 332 g/mol. The molecule has 1 heterocycles. The van der Waals surface area contributed by atoms with Gasteiger partial charge in [-0.15, -0.1) is 0 Å². The van der Waals surface area contributed by atoms with Crippen molar-refractivity contribution in [1.29, 1.82) is 0 Å². The fourth-order valence-electron chi connectivity index (χ4n) is 1.48. The molecule has 0 spiro atoms. The molecule has 100 valence electrons. The van der Waals surface area contributed by atoms with Crippen molar-refractivity contribution >= 4 is 31.8 Å². The Morgan fingerprint density at radius 3 is 2.68 bits per heavy atom. The minimum atomic E-state index is -3.75. The van der Waals surface area contributed by atoms with E-state index < -0.39 is 10.0 Å².